The molecule has 0 aliphatic heterocycles. The zero-order valence-electron chi connectivity index (χ0n) is 10.3. The van der Waals surface area contributed by atoms with Gasteiger partial charge in [-0.05, 0) is 18.6 Å². The Morgan fingerprint density at radius 1 is 1.56 bits per heavy atom. The first-order valence-corrected chi connectivity index (χ1v) is 5.56. The number of nitrogens with zero attached hydrogens (tertiary/aromatic N) is 2. The zero-order valence-corrected chi connectivity index (χ0v) is 10.3. The summed E-state index contributed by atoms with van der Waals surface area (Å²) in [7, 11) is 3.53. The molecule has 0 aliphatic carbocycles. The van der Waals surface area contributed by atoms with Gasteiger partial charge in [-0.25, -0.2) is 0 Å². The minimum absolute atomic E-state index is 0.0468. The van der Waals surface area contributed by atoms with E-state index in [9.17, 15) is 4.79 Å². The van der Waals surface area contributed by atoms with Gasteiger partial charge in [-0.15, -0.1) is 0 Å². The fraction of sp³-hybridized carbons (Fsp3) is 0.583. The number of carbonyl (C=O) groups is 1. The molecule has 0 bridgehead atoms. The molecule has 1 rings (SSSR count). The Hall–Kier alpha value is -1.29. The second kappa shape index (κ2) is 6.33. The highest BCUT2D eigenvalue weighted by Crippen LogP contribution is 2.06. The number of hydrogen-bond acceptors (Lipinski definition) is 2. The molecule has 0 saturated heterocycles. The molecule has 0 fully saturated rings. The summed E-state index contributed by atoms with van der Waals surface area (Å²) in [5.74, 6) is 0.0468. The summed E-state index contributed by atoms with van der Waals surface area (Å²) in [5.41, 5.74) is 1.14. The van der Waals surface area contributed by atoms with E-state index in [4.69, 9.17) is 4.74 Å². The summed E-state index contributed by atoms with van der Waals surface area (Å²) in [5, 5.41) is 0. The van der Waals surface area contributed by atoms with Crippen molar-refractivity contribution in [3.05, 3.63) is 24.0 Å². The van der Waals surface area contributed by atoms with Gasteiger partial charge >= 0.3 is 0 Å². The quantitative estimate of drug-likeness (QED) is 0.732. The highest BCUT2D eigenvalue weighted by Gasteiger charge is 2.13. The summed E-state index contributed by atoms with van der Waals surface area (Å²) < 4.78 is 6.91. The topological polar surface area (TPSA) is 34.5 Å². The SMILES string of the molecule is CCCN(Cc1cccn1C)C(=O)COC. The van der Waals surface area contributed by atoms with Gasteiger partial charge in [0.25, 0.3) is 0 Å². The van der Waals surface area contributed by atoms with E-state index in [0.717, 1.165) is 18.7 Å². The van der Waals surface area contributed by atoms with Gasteiger partial charge in [-0.2, -0.15) is 0 Å². The molecule has 0 spiro atoms. The Bertz CT molecular complexity index is 334. The van der Waals surface area contributed by atoms with Crippen LogP contribution in [0.1, 0.15) is 19.0 Å². The lowest BCUT2D eigenvalue weighted by atomic mass is 10.3. The lowest BCUT2D eigenvalue weighted by molar-refractivity contribution is -0.135. The van der Waals surface area contributed by atoms with Crippen LogP contribution in [0.3, 0.4) is 0 Å². The molecule has 1 amide bonds. The van der Waals surface area contributed by atoms with Crippen molar-refractivity contribution in [1.29, 1.82) is 0 Å². The third-order valence-electron chi connectivity index (χ3n) is 2.52. The Morgan fingerprint density at radius 2 is 2.31 bits per heavy atom. The highest BCUT2D eigenvalue weighted by atomic mass is 16.5. The van der Waals surface area contributed by atoms with Gasteiger partial charge in [-0.1, -0.05) is 6.92 Å². The minimum Gasteiger partial charge on any atom is -0.375 e. The van der Waals surface area contributed by atoms with E-state index in [-0.39, 0.29) is 12.5 Å². The van der Waals surface area contributed by atoms with E-state index < -0.39 is 0 Å². The molecule has 1 heterocycles. The average molecular weight is 224 g/mol. The molecule has 16 heavy (non-hydrogen) atoms. The molecule has 0 saturated carbocycles. The van der Waals surface area contributed by atoms with Crippen LogP contribution in [0.25, 0.3) is 0 Å². The summed E-state index contributed by atoms with van der Waals surface area (Å²) in [4.78, 5) is 13.6. The first-order valence-electron chi connectivity index (χ1n) is 5.56. The van der Waals surface area contributed by atoms with Crippen LogP contribution in [0.5, 0.6) is 0 Å². The fourth-order valence-electron chi connectivity index (χ4n) is 1.63. The number of ether oxygens (including phenoxy) is 1. The van der Waals surface area contributed by atoms with Crippen LogP contribution in [0.4, 0.5) is 0 Å². The molecule has 0 aliphatic rings. The molecular formula is C12H20N2O2. The maximum Gasteiger partial charge on any atom is 0.248 e. The Labute approximate surface area is 96.8 Å². The lowest BCUT2D eigenvalue weighted by Gasteiger charge is -2.22. The van der Waals surface area contributed by atoms with Gasteiger partial charge < -0.3 is 14.2 Å². The Morgan fingerprint density at radius 3 is 2.81 bits per heavy atom. The molecule has 0 atom stereocenters. The normalized spacial score (nSPS) is 10.4. The Balaban J connectivity index is 2.64. The van der Waals surface area contributed by atoms with Gasteiger partial charge in [0.15, 0.2) is 0 Å². The second-order valence-electron chi connectivity index (χ2n) is 3.86. The molecule has 0 radical (unpaired) electrons. The van der Waals surface area contributed by atoms with E-state index in [1.807, 2.05) is 34.8 Å². The molecule has 4 heteroatoms. The monoisotopic (exact) mass is 224 g/mol. The van der Waals surface area contributed by atoms with Crippen molar-refractivity contribution in [2.75, 3.05) is 20.3 Å². The van der Waals surface area contributed by atoms with Crippen LogP contribution in [-0.2, 0) is 23.1 Å². The lowest BCUT2D eigenvalue weighted by Crippen LogP contribution is -2.34. The number of rotatable bonds is 6. The molecule has 0 aromatic carbocycles. The summed E-state index contributed by atoms with van der Waals surface area (Å²) in [6.07, 6.45) is 2.94. The van der Waals surface area contributed by atoms with Crippen LogP contribution in [-0.4, -0.2) is 35.6 Å². The van der Waals surface area contributed by atoms with E-state index in [1.165, 1.54) is 0 Å². The van der Waals surface area contributed by atoms with Crippen LogP contribution in [0.15, 0.2) is 18.3 Å². The average Bonchev–Trinajstić information content (AvgIpc) is 2.64. The van der Waals surface area contributed by atoms with Crippen molar-refractivity contribution in [1.82, 2.24) is 9.47 Å². The summed E-state index contributed by atoms with van der Waals surface area (Å²) in [6.45, 7) is 3.65. The van der Waals surface area contributed by atoms with Crippen molar-refractivity contribution < 1.29 is 9.53 Å². The zero-order chi connectivity index (χ0) is 12.0. The fourth-order valence-corrected chi connectivity index (χ4v) is 1.63. The third kappa shape index (κ3) is 3.38. The van der Waals surface area contributed by atoms with Crippen LogP contribution >= 0.6 is 0 Å². The first kappa shape index (κ1) is 12.8. The smallest absolute Gasteiger partial charge is 0.248 e. The van der Waals surface area contributed by atoms with Gasteiger partial charge in [0.05, 0.1) is 6.54 Å². The predicted molar refractivity (Wildman–Crippen MR) is 63.0 cm³/mol. The highest BCUT2D eigenvalue weighted by molar-refractivity contribution is 5.77. The van der Waals surface area contributed by atoms with Crippen molar-refractivity contribution in [2.45, 2.75) is 19.9 Å². The van der Waals surface area contributed by atoms with E-state index in [2.05, 4.69) is 6.92 Å². The van der Waals surface area contributed by atoms with Crippen LogP contribution < -0.4 is 0 Å². The largest absolute Gasteiger partial charge is 0.375 e. The minimum atomic E-state index is 0.0468. The summed E-state index contributed by atoms with van der Waals surface area (Å²) >= 11 is 0. The standard InChI is InChI=1S/C12H20N2O2/c1-4-7-14(12(15)10-16-3)9-11-6-5-8-13(11)2/h5-6,8H,4,7,9-10H2,1-3H3. The van der Waals surface area contributed by atoms with E-state index in [1.54, 1.807) is 7.11 Å². The van der Waals surface area contributed by atoms with Crippen LogP contribution in [0.2, 0.25) is 0 Å². The van der Waals surface area contributed by atoms with Crippen molar-refractivity contribution in [3.8, 4) is 0 Å². The molecule has 90 valence electrons. The Kier molecular flexibility index (Phi) is 5.05. The molecular weight excluding hydrogens is 204 g/mol. The molecule has 0 N–H and O–H groups in total. The van der Waals surface area contributed by atoms with E-state index >= 15 is 0 Å². The number of hydrogen-bond donors (Lipinski definition) is 0. The van der Waals surface area contributed by atoms with Gasteiger partial charge in [0, 0.05) is 32.6 Å². The predicted octanol–water partition coefficient (Wildman–Crippen LogP) is 1.41. The molecule has 1 aromatic rings. The van der Waals surface area contributed by atoms with Gasteiger partial charge in [0.2, 0.25) is 5.91 Å². The first-order chi connectivity index (χ1) is 7.69. The molecule has 1 aromatic heterocycles. The maximum absolute atomic E-state index is 11.8. The molecule has 4 nitrogen and oxygen atoms in total. The third-order valence-corrected chi connectivity index (χ3v) is 2.52. The van der Waals surface area contributed by atoms with Crippen LogP contribution in [0, 0.1) is 0 Å². The number of aryl methyl sites for hydroxylation is 1. The second-order valence-corrected chi connectivity index (χ2v) is 3.86. The van der Waals surface area contributed by atoms with Crippen molar-refractivity contribution in [2.24, 2.45) is 7.05 Å². The summed E-state index contributed by atoms with van der Waals surface area (Å²) in [6, 6.07) is 4.02. The van der Waals surface area contributed by atoms with Crippen molar-refractivity contribution in [3.63, 3.8) is 0 Å². The number of amides is 1. The number of carbonyl (C=O) groups excluding carboxylic acids is 1. The van der Waals surface area contributed by atoms with Crippen molar-refractivity contribution >= 4 is 5.91 Å². The van der Waals surface area contributed by atoms with Gasteiger partial charge in [-0.3, -0.25) is 4.79 Å². The molecule has 0 unspecified atom stereocenters. The maximum atomic E-state index is 11.8. The van der Waals surface area contributed by atoms with E-state index in [0.29, 0.717) is 6.54 Å². The number of aromatic nitrogens is 1. The number of methoxy groups -OCH3 is 1. The van der Waals surface area contributed by atoms with Gasteiger partial charge in [0.1, 0.15) is 6.61 Å².